The first-order valence-electron chi connectivity index (χ1n) is 6.04. The average Bonchev–Trinajstić information content (AvgIpc) is 2.33. The summed E-state index contributed by atoms with van der Waals surface area (Å²) < 4.78 is 5.24. The monoisotopic (exact) mass is 270 g/mol. The molecule has 1 amide bonds. The lowest BCUT2D eigenvalue weighted by molar-refractivity contribution is -0.126. The van der Waals surface area contributed by atoms with Crippen LogP contribution in [0.25, 0.3) is 0 Å². The van der Waals surface area contributed by atoms with Gasteiger partial charge >= 0.3 is 0 Å². The van der Waals surface area contributed by atoms with E-state index in [0.29, 0.717) is 17.3 Å². The van der Waals surface area contributed by atoms with Crippen molar-refractivity contribution in [3.05, 3.63) is 23.2 Å². The minimum atomic E-state index is -0.483. The summed E-state index contributed by atoms with van der Waals surface area (Å²) in [6.07, 6.45) is -0.483. The van der Waals surface area contributed by atoms with Gasteiger partial charge in [0.05, 0.1) is 11.4 Å². The highest BCUT2D eigenvalue weighted by molar-refractivity contribution is 6.31. The lowest BCUT2D eigenvalue weighted by atomic mass is 10.2. The molecule has 2 N–H and O–H groups in total. The molecule has 0 radical (unpaired) electrons. The Balaban J connectivity index is 2.81. The Morgan fingerprint density at radius 1 is 1.39 bits per heavy atom. The van der Waals surface area contributed by atoms with E-state index in [1.807, 2.05) is 19.9 Å². The van der Waals surface area contributed by atoms with E-state index in [9.17, 15) is 4.79 Å². The molecule has 0 saturated carbocycles. The summed E-state index contributed by atoms with van der Waals surface area (Å²) in [6.45, 7) is 6.84. The molecule has 1 atom stereocenters. The summed E-state index contributed by atoms with van der Waals surface area (Å²) in [5.41, 5.74) is 1.51. The molecular weight excluding hydrogens is 252 g/mol. The number of hydrogen-bond donors (Lipinski definition) is 2. The Morgan fingerprint density at radius 2 is 2.11 bits per heavy atom. The largest absolute Gasteiger partial charge is 0.384 e. The van der Waals surface area contributed by atoms with Crippen LogP contribution < -0.4 is 10.6 Å². The van der Waals surface area contributed by atoms with Gasteiger partial charge in [0.2, 0.25) is 0 Å². The molecule has 1 rings (SSSR count). The number of hydrogen-bond acceptors (Lipinski definition) is 3. The van der Waals surface area contributed by atoms with Crippen molar-refractivity contribution in [3.63, 3.8) is 0 Å². The van der Waals surface area contributed by atoms with E-state index in [1.54, 1.807) is 19.1 Å². The molecule has 1 aromatic rings. The van der Waals surface area contributed by atoms with Crippen molar-refractivity contribution >= 4 is 28.9 Å². The molecule has 0 aliphatic heterocycles. The summed E-state index contributed by atoms with van der Waals surface area (Å²) in [5, 5.41) is 6.55. The lowest BCUT2D eigenvalue weighted by Gasteiger charge is -2.15. The molecule has 0 saturated heterocycles. The molecule has 4 nitrogen and oxygen atoms in total. The normalized spacial score (nSPS) is 12.0. The Bertz CT molecular complexity index is 410. The van der Waals surface area contributed by atoms with Gasteiger partial charge in [0, 0.05) is 18.2 Å². The highest BCUT2D eigenvalue weighted by Crippen LogP contribution is 2.25. The van der Waals surface area contributed by atoms with Crippen molar-refractivity contribution in [1.29, 1.82) is 0 Å². The fourth-order valence-electron chi connectivity index (χ4n) is 1.52. The smallest absolute Gasteiger partial charge is 0.253 e. The third-order valence-corrected chi connectivity index (χ3v) is 2.63. The van der Waals surface area contributed by atoms with Gasteiger partial charge in [0.25, 0.3) is 5.91 Å². The van der Waals surface area contributed by atoms with Crippen molar-refractivity contribution in [2.45, 2.75) is 26.9 Å². The third kappa shape index (κ3) is 4.20. The van der Waals surface area contributed by atoms with E-state index >= 15 is 0 Å². The van der Waals surface area contributed by atoms with Crippen molar-refractivity contribution < 1.29 is 9.53 Å². The zero-order valence-corrected chi connectivity index (χ0v) is 11.7. The fraction of sp³-hybridized carbons (Fsp3) is 0.462. The zero-order valence-electron chi connectivity index (χ0n) is 10.9. The van der Waals surface area contributed by atoms with Gasteiger partial charge in [-0.2, -0.15) is 0 Å². The maximum Gasteiger partial charge on any atom is 0.253 e. The number of carbonyl (C=O) groups excluding carboxylic acids is 1. The maximum atomic E-state index is 11.9. The van der Waals surface area contributed by atoms with Crippen LogP contribution in [0, 0.1) is 0 Å². The van der Waals surface area contributed by atoms with E-state index in [4.69, 9.17) is 16.3 Å². The van der Waals surface area contributed by atoms with E-state index < -0.39 is 6.10 Å². The Labute approximate surface area is 113 Å². The van der Waals surface area contributed by atoms with Crippen LogP contribution in [-0.4, -0.2) is 25.2 Å². The summed E-state index contributed by atoms with van der Waals surface area (Å²) in [6, 6.07) is 5.34. The van der Waals surface area contributed by atoms with Crippen molar-refractivity contribution in [1.82, 2.24) is 0 Å². The summed E-state index contributed by atoms with van der Waals surface area (Å²) in [7, 11) is 0. The van der Waals surface area contributed by atoms with Gasteiger partial charge in [-0.3, -0.25) is 4.79 Å². The van der Waals surface area contributed by atoms with E-state index in [1.165, 1.54) is 0 Å². The number of nitrogens with one attached hydrogen (secondary N) is 2. The molecule has 0 aliphatic rings. The maximum absolute atomic E-state index is 11.9. The van der Waals surface area contributed by atoms with Crippen LogP contribution in [-0.2, 0) is 9.53 Å². The van der Waals surface area contributed by atoms with Crippen molar-refractivity contribution in [2.24, 2.45) is 0 Å². The molecule has 0 fully saturated rings. The number of rotatable bonds is 6. The first-order valence-corrected chi connectivity index (χ1v) is 6.42. The third-order valence-electron chi connectivity index (χ3n) is 2.39. The number of anilines is 2. The van der Waals surface area contributed by atoms with Crippen LogP contribution in [0.4, 0.5) is 11.4 Å². The van der Waals surface area contributed by atoms with Crippen molar-refractivity contribution in [3.8, 4) is 0 Å². The van der Waals surface area contributed by atoms with Crippen LogP contribution in [0.1, 0.15) is 20.8 Å². The van der Waals surface area contributed by atoms with Crippen LogP contribution in [0.15, 0.2) is 18.2 Å². The summed E-state index contributed by atoms with van der Waals surface area (Å²) in [5.74, 6) is -0.182. The molecule has 0 bridgehead atoms. The van der Waals surface area contributed by atoms with Gasteiger partial charge in [-0.25, -0.2) is 0 Å². The van der Waals surface area contributed by atoms with Gasteiger partial charge in [-0.05, 0) is 39.0 Å². The highest BCUT2D eigenvalue weighted by atomic mass is 35.5. The minimum absolute atomic E-state index is 0.182. The first-order chi connectivity index (χ1) is 8.58. The second kappa shape index (κ2) is 7.24. The molecule has 0 heterocycles. The predicted molar refractivity (Wildman–Crippen MR) is 75.3 cm³/mol. The summed E-state index contributed by atoms with van der Waals surface area (Å²) in [4.78, 5) is 11.9. The van der Waals surface area contributed by atoms with Gasteiger partial charge in [-0.15, -0.1) is 0 Å². The molecular formula is C13H19ClN2O2. The fourth-order valence-corrected chi connectivity index (χ4v) is 1.70. The average molecular weight is 271 g/mol. The molecule has 18 heavy (non-hydrogen) atoms. The topological polar surface area (TPSA) is 50.4 Å². The van der Waals surface area contributed by atoms with Gasteiger partial charge in [-0.1, -0.05) is 11.6 Å². The van der Waals surface area contributed by atoms with E-state index in [2.05, 4.69) is 10.6 Å². The van der Waals surface area contributed by atoms with Crippen LogP contribution in [0.5, 0.6) is 0 Å². The Kier molecular flexibility index (Phi) is 5.95. The highest BCUT2D eigenvalue weighted by Gasteiger charge is 2.14. The standard InChI is InChI=1S/C13H19ClN2O2/c1-4-15-11-7-6-10(14)8-12(11)16-13(17)9(3)18-5-2/h6-9,15H,4-5H2,1-3H3,(H,16,17). The molecule has 1 aromatic carbocycles. The molecule has 0 aromatic heterocycles. The number of benzene rings is 1. The SMILES string of the molecule is CCNc1ccc(Cl)cc1NC(=O)C(C)OCC. The second-order valence-electron chi connectivity index (χ2n) is 3.81. The quantitative estimate of drug-likeness (QED) is 0.835. The molecule has 1 unspecified atom stereocenters. The molecule has 0 aliphatic carbocycles. The molecule has 0 spiro atoms. The number of carbonyl (C=O) groups is 1. The second-order valence-corrected chi connectivity index (χ2v) is 4.24. The Morgan fingerprint density at radius 3 is 2.72 bits per heavy atom. The molecule has 5 heteroatoms. The first kappa shape index (κ1) is 14.8. The molecule has 100 valence electrons. The van der Waals surface area contributed by atoms with E-state index in [0.717, 1.165) is 12.2 Å². The number of amides is 1. The van der Waals surface area contributed by atoms with Crippen LogP contribution in [0.2, 0.25) is 5.02 Å². The van der Waals surface area contributed by atoms with Crippen LogP contribution >= 0.6 is 11.6 Å². The minimum Gasteiger partial charge on any atom is -0.384 e. The van der Waals surface area contributed by atoms with Gasteiger partial charge in [0.15, 0.2) is 0 Å². The predicted octanol–water partition coefficient (Wildman–Crippen LogP) is 3.14. The Hall–Kier alpha value is -1.26. The number of halogens is 1. The van der Waals surface area contributed by atoms with Crippen LogP contribution in [0.3, 0.4) is 0 Å². The van der Waals surface area contributed by atoms with E-state index in [-0.39, 0.29) is 5.91 Å². The summed E-state index contributed by atoms with van der Waals surface area (Å²) >= 11 is 5.93. The van der Waals surface area contributed by atoms with Crippen molar-refractivity contribution in [2.75, 3.05) is 23.8 Å². The lowest BCUT2D eigenvalue weighted by Crippen LogP contribution is -2.28. The van der Waals surface area contributed by atoms with Gasteiger partial charge < -0.3 is 15.4 Å². The van der Waals surface area contributed by atoms with Gasteiger partial charge in [0.1, 0.15) is 6.10 Å². The number of ether oxygens (including phenoxy) is 1. The zero-order chi connectivity index (χ0) is 13.5.